The molecule has 3 N–H and O–H groups in total. The van der Waals surface area contributed by atoms with E-state index in [0.717, 1.165) is 37.7 Å². The van der Waals surface area contributed by atoms with Gasteiger partial charge in [0, 0.05) is 25.8 Å². The largest absolute Gasteiger partial charge is 0.382 e. The summed E-state index contributed by atoms with van der Waals surface area (Å²) < 4.78 is 0. The summed E-state index contributed by atoms with van der Waals surface area (Å²) in [7, 11) is 0. The number of anilines is 3. The Morgan fingerprint density at radius 1 is 1.33 bits per heavy atom. The van der Waals surface area contributed by atoms with Crippen molar-refractivity contribution in [3.05, 3.63) is 35.7 Å². The van der Waals surface area contributed by atoms with E-state index < -0.39 is 0 Å². The van der Waals surface area contributed by atoms with Crippen LogP contribution in [0.3, 0.4) is 0 Å². The number of nitrogens with two attached hydrogens (primary N) is 1. The van der Waals surface area contributed by atoms with E-state index in [1.54, 1.807) is 6.20 Å². The number of hydrogen-bond donors (Lipinski definition) is 2. The predicted octanol–water partition coefficient (Wildman–Crippen LogP) is 2.05. The second-order valence-corrected chi connectivity index (χ2v) is 5.47. The Morgan fingerprint density at radius 2 is 2.24 bits per heavy atom. The van der Waals surface area contributed by atoms with Gasteiger partial charge in [-0.1, -0.05) is 17.7 Å². The van der Waals surface area contributed by atoms with E-state index in [-0.39, 0.29) is 0 Å². The Bertz CT molecular complexity index is 606. The van der Waals surface area contributed by atoms with Crippen LogP contribution < -0.4 is 16.0 Å². The molecule has 1 aliphatic heterocycles. The van der Waals surface area contributed by atoms with Gasteiger partial charge in [-0.25, -0.2) is 15.0 Å². The molecule has 6 nitrogen and oxygen atoms in total. The lowest BCUT2D eigenvalue weighted by Crippen LogP contribution is -2.24. The van der Waals surface area contributed by atoms with Gasteiger partial charge in [0.15, 0.2) is 5.82 Å². The molecule has 3 rings (SSSR count). The average molecular weight is 305 g/mol. The van der Waals surface area contributed by atoms with E-state index >= 15 is 0 Å². The van der Waals surface area contributed by atoms with Crippen molar-refractivity contribution in [1.29, 1.82) is 0 Å². The predicted molar refractivity (Wildman–Crippen MR) is 84.5 cm³/mol. The van der Waals surface area contributed by atoms with Crippen LogP contribution in [0.4, 0.5) is 17.5 Å². The summed E-state index contributed by atoms with van der Waals surface area (Å²) >= 11 is 6.18. The van der Waals surface area contributed by atoms with Gasteiger partial charge in [0.1, 0.15) is 23.0 Å². The van der Waals surface area contributed by atoms with Crippen molar-refractivity contribution in [1.82, 2.24) is 15.0 Å². The number of aromatic nitrogens is 3. The first-order valence-corrected chi connectivity index (χ1v) is 7.27. The average Bonchev–Trinajstić information content (AvgIpc) is 2.98. The standard InChI is InChI=1S/C14H17ClN6/c15-12-13(16)19-9-20-14(12)21-6-4-10(8-21)7-18-11-3-1-2-5-17-11/h1-3,5,9-10H,4,6-8H2,(H,17,18)(H2,16,19,20). The van der Waals surface area contributed by atoms with Gasteiger partial charge in [-0.3, -0.25) is 0 Å². The lowest BCUT2D eigenvalue weighted by molar-refractivity contribution is 0.621. The van der Waals surface area contributed by atoms with Crippen LogP contribution in [0, 0.1) is 5.92 Å². The van der Waals surface area contributed by atoms with Gasteiger partial charge in [0.25, 0.3) is 0 Å². The Morgan fingerprint density at radius 3 is 3.05 bits per heavy atom. The molecule has 1 unspecified atom stereocenters. The molecular weight excluding hydrogens is 288 g/mol. The summed E-state index contributed by atoms with van der Waals surface area (Å²) in [6.45, 7) is 2.70. The molecule has 0 bridgehead atoms. The molecule has 110 valence electrons. The zero-order valence-corrected chi connectivity index (χ0v) is 12.3. The first-order valence-electron chi connectivity index (χ1n) is 6.90. The van der Waals surface area contributed by atoms with Crippen molar-refractivity contribution in [2.45, 2.75) is 6.42 Å². The summed E-state index contributed by atoms with van der Waals surface area (Å²) in [5.41, 5.74) is 5.73. The molecule has 7 heteroatoms. The number of nitrogens with one attached hydrogen (secondary N) is 1. The number of rotatable bonds is 4. The minimum Gasteiger partial charge on any atom is -0.382 e. The molecule has 0 radical (unpaired) electrons. The van der Waals surface area contributed by atoms with Crippen molar-refractivity contribution >= 4 is 29.1 Å². The summed E-state index contributed by atoms with van der Waals surface area (Å²) in [5.74, 6) is 2.49. The van der Waals surface area contributed by atoms with Gasteiger partial charge in [-0.05, 0) is 24.5 Å². The molecule has 1 fully saturated rings. The third-order valence-electron chi connectivity index (χ3n) is 3.62. The second-order valence-electron chi connectivity index (χ2n) is 5.09. The highest BCUT2D eigenvalue weighted by Crippen LogP contribution is 2.30. The molecule has 0 amide bonds. The van der Waals surface area contributed by atoms with Gasteiger partial charge in [-0.2, -0.15) is 0 Å². The highest BCUT2D eigenvalue weighted by atomic mass is 35.5. The van der Waals surface area contributed by atoms with Crippen LogP contribution in [0.25, 0.3) is 0 Å². The fourth-order valence-corrected chi connectivity index (χ4v) is 2.72. The van der Waals surface area contributed by atoms with Crippen molar-refractivity contribution in [3.8, 4) is 0 Å². The van der Waals surface area contributed by atoms with Crippen LogP contribution in [0.1, 0.15) is 6.42 Å². The lowest BCUT2D eigenvalue weighted by Gasteiger charge is -2.19. The minimum absolute atomic E-state index is 0.330. The van der Waals surface area contributed by atoms with Gasteiger partial charge in [0.05, 0.1) is 0 Å². The lowest BCUT2D eigenvalue weighted by atomic mass is 10.1. The number of halogens is 1. The van der Waals surface area contributed by atoms with Gasteiger partial charge in [-0.15, -0.1) is 0 Å². The van der Waals surface area contributed by atoms with E-state index in [2.05, 4.69) is 25.2 Å². The maximum Gasteiger partial charge on any atom is 0.153 e. The summed E-state index contributed by atoms with van der Waals surface area (Å²) in [5, 5.41) is 3.80. The number of nitrogen functional groups attached to an aromatic ring is 1. The third kappa shape index (κ3) is 3.16. The molecule has 3 heterocycles. The van der Waals surface area contributed by atoms with E-state index in [9.17, 15) is 0 Å². The molecule has 1 aliphatic rings. The van der Waals surface area contributed by atoms with Crippen molar-refractivity contribution in [2.24, 2.45) is 5.92 Å². The molecule has 0 aliphatic carbocycles. The zero-order chi connectivity index (χ0) is 14.7. The van der Waals surface area contributed by atoms with Crippen LogP contribution in [0.2, 0.25) is 5.02 Å². The Hall–Kier alpha value is -2.08. The maximum atomic E-state index is 6.18. The van der Waals surface area contributed by atoms with Gasteiger partial charge < -0.3 is 16.0 Å². The SMILES string of the molecule is Nc1ncnc(N2CCC(CNc3ccccn3)C2)c1Cl. The first-order chi connectivity index (χ1) is 10.2. The van der Waals surface area contributed by atoms with Crippen molar-refractivity contribution in [3.63, 3.8) is 0 Å². The van der Waals surface area contributed by atoms with E-state index in [1.165, 1.54) is 6.33 Å². The number of pyridine rings is 1. The maximum absolute atomic E-state index is 6.18. The van der Waals surface area contributed by atoms with E-state index in [0.29, 0.717) is 16.8 Å². The third-order valence-corrected chi connectivity index (χ3v) is 3.98. The summed E-state index contributed by atoms with van der Waals surface area (Å²) in [6, 6.07) is 5.85. The fourth-order valence-electron chi connectivity index (χ4n) is 2.50. The van der Waals surface area contributed by atoms with Crippen LogP contribution >= 0.6 is 11.6 Å². The van der Waals surface area contributed by atoms with Crippen molar-refractivity contribution < 1.29 is 0 Å². The monoisotopic (exact) mass is 304 g/mol. The van der Waals surface area contributed by atoms with Crippen LogP contribution in [0.5, 0.6) is 0 Å². The molecule has 21 heavy (non-hydrogen) atoms. The number of nitrogens with zero attached hydrogens (tertiary/aromatic N) is 4. The zero-order valence-electron chi connectivity index (χ0n) is 11.5. The van der Waals surface area contributed by atoms with Crippen LogP contribution in [0.15, 0.2) is 30.7 Å². The van der Waals surface area contributed by atoms with Gasteiger partial charge >= 0.3 is 0 Å². The molecule has 0 aromatic carbocycles. The second kappa shape index (κ2) is 6.13. The normalized spacial score (nSPS) is 18.0. The van der Waals surface area contributed by atoms with Crippen LogP contribution in [-0.2, 0) is 0 Å². The van der Waals surface area contributed by atoms with Gasteiger partial charge in [0.2, 0.25) is 0 Å². The Kier molecular flexibility index (Phi) is 4.06. The molecule has 1 saturated heterocycles. The molecular formula is C14H17ClN6. The Balaban J connectivity index is 1.59. The minimum atomic E-state index is 0.330. The van der Waals surface area contributed by atoms with Crippen LogP contribution in [-0.4, -0.2) is 34.6 Å². The fraction of sp³-hybridized carbons (Fsp3) is 0.357. The molecule has 0 spiro atoms. The highest BCUT2D eigenvalue weighted by Gasteiger charge is 2.25. The van der Waals surface area contributed by atoms with E-state index in [1.807, 2.05) is 18.2 Å². The molecule has 0 saturated carbocycles. The topological polar surface area (TPSA) is 80.0 Å². The van der Waals surface area contributed by atoms with E-state index in [4.69, 9.17) is 17.3 Å². The summed E-state index contributed by atoms with van der Waals surface area (Å²) in [6.07, 6.45) is 4.32. The summed E-state index contributed by atoms with van der Waals surface area (Å²) in [4.78, 5) is 14.6. The molecule has 1 atom stereocenters. The highest BCUT2D eigenvalue weighted by molar-refractivity contribution is 6.35. The quantitative estimate of drug-likeness (QED) is 0.900. The molecule has 2 aromatic heterocycles. The molecule has 2 aromatic rings. The number of hydrogen-bond acceptors (Lipinski definition) is 6. The first kappa shape index (κ1) is 13.9. The Labute approximate surface area is 128 Å². The van der Waals surface area contributed by atoms with Crippen molar-refractivity contribution in [2.75, 3.05) is 35.6 Å². The smallest absolute Gasteiger partial charge is 0.153 e.